The molecule has 2 fully saturated rings. The number of β-lactam (4-membered cyclic amide) rings is 1. The van der Waals surface area contributed by atoms with Crippen LogP contribution in [0.2, 0.25) is 0 Å². The van der Waals surface area contributed by atoms with Crippen LogP contribution in [-0.4, -0.2) is 24.2 Å². The summed E-state index contributed by atoms with van der Waals surface area (Å²) in [6.07, 6.45) is 3.16. The van der Waals surface area contributed by atoms with Gasteiger partial charge in [0.25, 0.3) is 0 Å². The van der Waals surface area contributed by atoms with E-state index < -0.39 is 0 Å². The zero-order valence-corrected chi connectivity index (χ0v) is 6.72. The molecule has 0 bridgehead atoms. The summed E-state index contributed by atoms with van der Waals surface area (Å²) in [5.74, 6) is 0.194. The Morgan fingerprint density at radius 2 is 2.36 bits per heavy atom. The summed E-state index contributed by atoms with van der Waals surface area (Å²) < 4.78 is 5.39. The average molecular weight is 155 g/mol. The van der Waals surface area contributed by atoms with Gasteiger partial charge in [-0.15, -0.1) is 0 Å². The quantitative estimate of drug-likeness (QED) is 0.588. The lowest BCUT2D eigenvalue weighted by Gasteiger charge is -2.53. The van der Waals surface area contributed by atoms with E-state index in [1.807, 2.05) is 6.92 Å². The van der Waals surface area contributed by atoms with Crippen LogP contribution in [-0.2, 0) is 9.53 Å². The second-order valence-electron chi connectivity index (χ2n) is 3.49. The van der Waals surface area contributed by atoms with Gasteiger partial charge >= 0.3 is 0 Å². The van der Waals surface area contributed by atoms with Gasteiger partial charge in [-0.3, -0.25) is 4.79 Å². The molecule has 1 amide bonds. The maximum atomic E-state index is 10.6. The molecule has 0 radical (unpaired) electrons. The first kappa shape index (κ1) is 7.10. The molecule has 1 N–H and O–H groups in total. The highest BCUT2D eigenvalue weighted by molar-refractivity contribution is 5.85. The number of carbonyl (C=O) groups is 1. The summed E-state index contributed by atoms with van der Waals surface area (Å²) in [6, 6.07) is 0. The summed E-state index contributed by atoms with van der Waals surface area (Å²) in [5, 5.41) is 2.93. The van der Waals surface area contributed by atoms with E-state index in [0.717, 1.165) is 25.9 Å². The summed E-state index contributed by atoms with van der Waals surface area (Å²) >= 11 is 0. The molecule has 0 aromatic carbocycles. The fourth-order valence-corrected chi connectivity index (χ4v) is 2.00. The first-order valence-corrected chi connectivity index (χ1v) is 4.17. The summed E-state index contributed by atoms with van der Waals surface area (Å²) in [4.78, 5) is 10.6. The van der Waals surface area contributed by atoms with Crippen LogP contribution in [0.1, 0.15) is 26.2 Å². The normalized spacial score (nSPS) is 41.2. The Hall–Kier alpha value is -0.570. The number of amides is 1. The van der Waals surface area contributed by atoms with Crippen molar-refractivity contribution in [2.24, 2.45) is 0 Å². The molecule has 1 aliphatic heterocycles. The molecular formula is C8H13NO2. The minimum absolute atomic E-state index is 0.164. The highest BCUT2D eigenvalue weighted by atomic mass is 16.5. The molecule has 0 aromatic heterocycles. The lowest BCUT2D eigenvalue weighted by Crippen LogP contribution is -2.69. The second-order valence-corrected chi connectivity index (χ2v) is 3.49. The molecule has 1 saturated heterocycles. The SMILES string of the molecule is CCOC1CC2(CC(=O)N2)C1. The summed E-state index contributed by atoms with van der Waals surface area (Å²) in [6.45, 7) is 2.79. The lowest BCUT2D eigenvalue weighted by atomic mass is 9.67. The zero-order chi connectivity index (χ0) is 7.90. The molecule has 3 nitrogen and oxygen atoms in total. The van der Waals surface area contributed by atoms with Crippen LogP contribution in [0.15, 0.2) is 0 Å². The molecule has 2 aliphatic rings. The molecule has 62 valence electrons. The Morgan fingerprint density at radius 1 is 1.73 bits per heavy atom. The van der Waals surface area contributed by atoms with Crippen molar-refractivity contribution in [2.75, 3.05) is 6.61 Å². The number of rotatable bonds is 2. The molecule has 1 saturated carbocycles. The fraction of sp³-hybridized carbons (Fsp3) is 0.875. The van der Waals surface area contributed by atoms with Crippen molar-refractivity contribution in [2.45, 2.75) is 37.8 Å². The van der Waals surface area contributed by atoms with Gasteiger partial charge in [0, 0.05) is 13.0 Å². The minimum Gasteiger partial charge on any atom is -0.378 e. The first-order chi connectivity index (χ1) is 5.24. The lowest BCUT2D eigenvalue weighted by molar-refractivity contribution is -0.146. The van der Waals surface area contributed by atoms with E-state index >= 15 is 0 Å². The summed E-state index contributed by atoms with van der Waals surface area (Å²) in [7, 11) is 0. The smallest absolute Gasteiger partial charge is 0.222 e. The maximum Gasteiger partial charge on any atom is 0.222 e. The van der Waals surface area contributed by atoms with Crippen molar-refractivity contribution in [1.29, 1.82) is 0 Å². The van der Waals surface area contributed by atoms with Crippen molar-refractivity contribution < 1.29 is 9.53 Å². The molecular weight excluding hydrogens is 142 g/mol. The van der Waals surface area contributed by atoms with E-state index in [0.29, 0.717) is 6.10 Å². The van der Waals surface area contributed by atoms with Gasteiger partial charge in [-0.25, -0.2) is 0 Å². The number of hydrogen-bond donors (Lipinski definition) is 1. The van der Waals surface area contributed by atoms with Crippen LogP contribution in [0.3, 0.4) is 0 Å². The Kier molecular flexibility index (Phi) is 1.42. The molecule has 11 heavy (non-hydrogen) atoms. The number of ether oxygens (including phenoxy) is 1. The summed E-state index contributed by atoms with van der Waals surface area (Å²) in [5.41, 5.74) is 0.164. The van der Waals surface area contributed by atoms with Crippen LogP contribution < -0.4 is 5.32 Å². The fourth-order valence-electron chi connectivity index (χ4n) is 2.00. The van der Waals surface area contributed by atoms with Gasteiger partial charge in [-0.1, -0.05) is 0 Å². The Bertz CT molecular complexity index is 175. The standard InChI is InChI=1S/C8H13NO2/c1-2-11-6-3-8(4-6)5-7(10)9-8/h6H,2-5H2,1H3,(H,9,10). The van der Waals surface area contributed by atoms with E-state index in [4.69, 9.17) is 4.74 Å². The molecule has 0 atom stereocenters. The van der Waals surface area contributed by atoms with Crippen LogP contribution in [0.25, 0.3) is 0 Å². The number of carbonyl (C=O) groups excluding carboxylic acids is 1. The van der Waals surface area contributed by atoms with E-state index in [1.165, 1.54) is 0 Å². The van der Waals surface area contributed by atoms with Crippen LogP contribution in [0.5, 0.6) is 0 Å². The van der Waals surface area contributed by atoms with E-state index in [1.54, 1.807) is 0 Å². The van der Waals surface area contributed by atoms with Crippen molar-refractivity contribution in [3.05, 3.63) is 0 Å². The van der Waals surface area contributed by atoms with Crippen molar-refractivity contribution >= 4 is 5.91 Å². The first-order valence-electron chi connectivity index (χ1n) is 4.17. The third-order valence-corrected chi connectivity index (χ3v) is 2.54. The van der Waals surface area contributed by atoms with Gasteiger partial charge in [0.05, 0.1) is 11.6 Å². The zero-order valence-electron chi connectivity index (χ0n) is 6.72. The number of nitrogens with one attached hydrogen (secondary N) is 1. The van der Waals surface area contributed by atoms with Crippen LogP contribution >= 0.6 is 0 Å². The van der Waals surface area contributed by atoms with E-state index in [9.17, 15) is 4.79 Å². The average Bonchev–Trinajstić information content (AvgIpc) is 1.80. The van der Waals surface area contributed by atoms with Crippen molar-refractivity contribution in [3.63, 3.8) is 0 Å². The van der Waals surface area contributed by atoms with Gasteiger partial charge in [0.2, 0.25) is 5.91 Å². The second kappa shape index (κ2) is 2.21. The van der Waals surface area contributed by atoms with Gasteiger partial charge in [0.15, 0.2) is 0 Å². The molecule has 0 unspecified atom stereocenters. The van der Waals surface area contributed by atoms with Crippen LogP contribution in [0.4, 0.5) is 0 Å². The van der Waals surface area contributed by atoms with Gasteiger partial charge in [0.1, 0.15) is 0 Å². The third-order valence-electron chi connectivity index (χ3n) is 2.54. The monoisotopic (exact) mass is 155 g/mol. The minimum atomic E-state index is 0.164. The third kappa shape index (κ3) is 1.03. The Morgan fingerprint density at radius 3 is 2.82 bits per heavy atom. The van der Waals surface area contributed by atoms with Gasteiger partial charge in [-0.2, -0.15) is 0 Å². The maximum absolute atomic E-state index is 10.6. The largest absolute Gasteiger partial charge is 0.378 e. The molecule has 2 rings (SSSR count). The van der Waals surface area contributed by atoms with Crippen molar-refractivity contribution in [3.8, 4) is 0 Å². The molecule has 3 heteroatoms. The molecule has 1 aliphatic carbocycles. The molecule has 1 heterocycles. The molecule has 0 aromatic rings. The molecule has 1 spiro atoms. The highest BCUT2D eigenvalue weighted by Gasteiger charge is 2.52. The van der Waals surface area contributed by atoms with Crippen molar-refractivity contribution in [1.82, 2.24) is 5.32 Å². The predicted molar refractivity (Wildman–Crippen MR) is 40.1 cm³/mol. The van der Waals surface area contributed by atoms with E-state index in [-0.39, 0.29) is 11.4 Å². The Balaban J connectivity index is 1.75. The van der Waals surface area contributed by atoms with E-state index in [2.05, 4.69) is 5.32 Å². The van der Waals surface area contributed by atoms with Gasteiger partial charge in [-0.05, 0) is 19.8 Å². The number of hydrogen-bond acceptors (Lipinski definition) is 2. The highest BCUT2D eigenvalue weighted by Crippen LogP contribution is 2.41. The Labute approximate surface area is 66.1 Å². The topological polar surface area (TPSA) is 38.3 Å². The predicted octanol–water partition coefficient (Wildman–Crippen LogP) is 0.444. The van der Waals surface area contributed by atoms with Gasteiger partial charge < -0.3 is 10.1 Å². The van der Waals surface area contributed by atoms with Crippen LogP contribution in [0, 0.1) is 0 Å².